The molecule has 3 amide bonds. The highest BCUT2D eigenvalue weighted by molar-refractivity contribution is 6.06. The Labute approximate surface area is 159 Å². The quantitative estimate of drug-likeness (QED) is 0.779. The lowest BCUT2D eigenvalue weighted by Gasteiger charge is -2.36. The number of carbonyl (C=O) groups excluding carboxylic acids is 3. The number of anilines is 1. The van der Waals surface area contributed by atoms with Crippen LogP contribution >= 0.6 is 0 Å². The Hall–Kier alpha value is -2.41. The lowest BCUT2D eigenvalue weighted by atomic mass is 9.85. The van der Waals surface area contributed by atoms with Gasteiger partial charge in [-0.05, 0) is 31.0 Å². The molecule has 1 aromatic rings. The highest BCUT2D eigenvalue weighted by Crippen LogP contribution is 2.37. The van der Waals surface area contributed by atoms with E-state index in [0.29, 0.717) is 26.1 Å². The number of likely N-dealkylation sites (tertiary alicyclic amines) is 1. The van der Waals surface area contributed by atoms with Gasteiger partial charge in [-0.3, -0.25) is 24.6 Å². The zero-order valence-electron chi connectivity index (χ0n) is 15.7. The Bertz CT molecular complexity index is 772. The maximum Gasteiger partial charge on any atom is 0.236 e. The maximum atomic E-state index is 12.7. The lowest BCUT2D eigenvalue weighted by molar-refractivity contribution is -0.132. The number of aryl methyl sites for hydroxylation is 1. The van der Waals surface area contributed by atoms with Crippen molar-refractivity contribution in [1.82, 2.24) is 15.1 Å². The number of carbonyl (C=O) groups is 3. The van der Waals surface area contributed by atoms with E-state index >= 15 is 0 Å². The molecule has 144 valence electrons. The molecule has 3 saturated heterocycles. The van der Waals surface area contributed by atoms with Crippen molar-refractivity contribution in [2.75, 3.05) is 50.7 Å². The molecule has 3 fully saturated rings. The van der Waals surface area contributed by atoms with Crippen LogP contribution in [0.5, 0.6) is 0 Å². The van der Waals surface area contributed by atoms with E-state index in [0.717, 1.165) is 26.2 Å². The molecular weight excluding hydrogens is 344 g/mol. The predicted molar refractivity (Wildman–Crippen MR) is 101 cm³/mol. The summed E-state index contributed by atoms with van der Waals surface area (Å²) in [6.07, 6.45) is 0.794. The van der Waals surface area contributed by atoms with Crippen LogP contribution in [0.25, 0.3) is 0 Å². The van der Waals surface area contributed by atoms with Crippen LogP contribution in [0.1, 0.15) is 18.4 Å². The van der Waals surface area contributed by atoms with Gasteiger partial charge in [0, 0.05) is 51.4 Å². The number of hydrogen-bond donors (Lipinski definition) is 1. The van der Waals surface area contributed by atoms with Gasteiger partial charge in [0.25, 0.3) is 0 Å². The summed E-state index contributed by atoms with van der Waals surface area (Å²) in [5, 5.41) is 2.38. The van der Waals surface area contributed by atoms with Crippen molar-refractivity contribution in [2.24, 2.45) is 5.41 Å². The van der Waals surface area contributed by atoms with Crippen LogP contribution in [0.3, 0.4) is 0 Å². The molecule has 0 aromatic heterocycles. The molecule has 0 unspecified atom stereocenters. The number of piperazine rings is 1. The van der Waals surface area contributed by atoms with Crippen LogP contribution in [0.15, 0.2) is 24.3 Å². The third-order valence-corrected chi connectivity index (χ3v) is 6.04. The lowest BCUT2D eigenvalue weighted by Crippen LogP contribution is -2.50. The van der Waals surface area contributed by atoms with E-state index in [4.69, 9.17) is 0 Å². The minimum atomic E-state index is -0.684. The van der Waals surface area contributed by atoms with Crippen molar-refractivity contribution in [2.45, 2.75) is 19.8 Å². The second-order valence-corrected chi connectivity index (χ2v) is 8.00. The Morgan fingerprint density at radius 1 is 1.15 bits per heavy atom. The highest BCUT2D eigenvalue weighted by atomic mass is 16.2. The molecule has 0 aliphatic carbocycles. The van der Waals surface area contributed by atoms with Gasteiger partial charge >= 0.3 is 0 Å². The number of benzene rings is 1. The summed E-state index contributed by atoms with van der Waals surface area (Å²) in [5.41, 5.74) is 1.80. The average molecular weight is 370 g/mol. The molecule has 3 aliphatic rings. The fourth-order valence-electron chi connectivity index (χ4n) is 4.39. The number of rotatable bonds is 3. The Kier molecular flexibility index (Phi) is 4.63. The van der Waals surface area contributed by atoms with Crippen molar-refractivity contribution in [3.05, 3.63) is 29.8 Å². The van der Waals surface area contributed by atoms with E-state index in [1.807, 2.05) is 0 Å². The molecule has 7 heteroatoms. The number of nitrogens with zero attached hydrogens (tertiary/aromatic N) is 3. The van der Waals surface area contributed by atoms with Crippen LogP contribution in [0, 0.1) is 12.3 Å². The Morgan fingerprint density at radius 3 is 2.59 bits per heavy atom. The van der Waals surface area contributed by atoms with E-state index < -0.39 is 5.41 Å². The summed E-state index contributed by atoms with van der Waals surface area (Å²) in [5.74, 6) is -0.376. The molecular formula is C20H26N4O3. The number of imide groups is 1. The van der Waals surface area contributed by atoms with Gasteiger partial charge in [0.1, 0.15) is 0 Å². The Balaban J connectivity index is 1.29. The van der Waals surface area contributed by atoms with Gasteiger partial charge < -0.3 is 9.80 Å². The smallest absolute Gasteiger partial charge is 0.236 e. The summed E-state index contributed by atoms with van der Waals surface area (Å²) in [7, 11) is 0. The van der Waals surface area contributed by atoms with Gasteiger partial charge in [-0.25, -0.2) is 0 Å². The summed E-state index contributed by atoms with van der Waals surface area (Å²) in [4.78, 5) is 42.6. The third kappa shape index (κ3) is 3.56. The van der Waals surface area contributed by atoms with E-state index in [-0.39, 0.29) is 24.1 Å². The van der Waals surface area contributed by atoms with Gasteiger partial charge in [0.05, 0.1) is 12.0 Å². The Morgan fingerprint density at radius 2 is 1.93 bits per heavy atom. The first-order valence-corrected chi connectivity index (χ1v) is 9.61. The fourth-order valence-corrected chi connectivity index (χ4v) is 4.39. The van der Waals surface area contributed by atoms with E-state index in [2.05, 4.69) is 46.3 Å². The number of nitrogens with one attached hydrogen (secondary N) is 1. The number of amides is 3. The first kappa shape index (κ1) is 18.0. The van der Waals surface area contributed by atoms with Crippen molar-refractivity contribution < 1.29 is 14.4 Å². The van der Waals surface area contributed by atoms with Gasteiger partial charge in [-0.2, -0.15) is 0 Å². The minimum absolute atomic E-state index is 0.0584. The van der Waals surface area contributed by atoms with E-state index in [9.17, 15) is 14.4 Å². The third-order valence-electron chi connectivity index (χ3n) is 6.04. The SMILES string of the molecule is Cc1cccc(N2CCN(CC(=O)N3CC[C@@]4(CC(=O)NC4=O)C3)CC2)c1. The molecule has 0 saturated carbocycles. The van der Waals surface area contributed by atoms with Gasteiger partial charge in [-0.1, -0.05) is 12.1 Å². The molecule has 1 spiro atoms. The molecule has 1 aromatic carbocycles. The topological polar surface area (TPSA) is 73.0 Å². The standard InChI is InChI=1S/C20H26N4O3/c1-15-3-2-4-16(11-15)23-9-7-22(8-10-23)13-18(26)24-6-5-20(14-24)12-17(25)21-19(20)27/h2-4,11H,5-10,12-14H2,1H3,(H,21,25,27)/t20-/m1/s1. The van der Waals surface area contributed by atoms with Crippen molar-refractivity contribution in [1.29, 1.82) is 0 Å². The molecule has 3 heterocycles. The maximum absolute atomic E-state index is 12.7. The van der Waals surface area contributed by atoms with Gasteiger partial charge in [0.2, 0.25) is 17.7 Å². The zero-order chi connectivity index (χ0) is 19.0. The largest absolute Gasteiger partial charge is 0.369 e. The van der Waals surface area contributed by atoms with Gasteiger partial charge in [-0.15, -0.1) is 0 Å². The summed E-state index contributed by atoms with van der Waals surface area (Å²) in [6, 6.07) is 8.50. The van der Waals surface area contributed by atoms with E-state index in [1.165, 1.54) is 11.3 Å². The van der Waals surface area contributed by atoms with Gasteiger partial charge in [0.15, 0.2) is 0 Å². The molecule has 4 rings (SSSR count). The van der Waals surface area contributed by atoms with Crippen LogP contribution < -0.4 is 10.2 Å². The monoisotopic (exact) mass is 370 g/mol. The van der Waals surface area contributed by atoms with Crippen molar-refractivity contribution in [3.63, 3.8) is 0 Å². The second kappa shape index (κ2) is 6.96. The molecule has 7 nitrogen and oxygen atoms in total. The molecule has 1 N–H and O–H groups in total. The molecule has 1 atom stereocenters. The molecule has 0 bridgehead atoms. The fraction of sp³-hybridized carbons (Fsp3) is 0.550. The van der Waals surface area contributed by atoms with Crippen LogP contribution in [0.2, 0.25) is 0 Å². The van der Waals surface area contributed by atoms with Crippen molar-refractivity contribution in [3.8, 4) is 0 Å². The normalized spacial score (nSPS) is 26.1. The van der Waals surface area contributed by atoms with Crippen LogP contribution in [-0.2, 0) is 14.4 Å². The van der Waals surface area contributed by atoms with Crippen molar-refractivity contribution >= 4 is 23.4 Å². The molecule has 27 heavy (non-hydrogen) atoms. The van der Waals surface area contributed by atoms with E-state index in [1.54, 1.807) is 4.90 Å². The summed E-state index contributed by atoms with van der Waals surface area (Å²) < 4.78 is 0. The zero-order valence-corrected chi connectivity index (χ0v) is 15.7. The average Bonchev–Trinajstić information content (AvgIpc) is 3.19. The van der Waals surface area contributed by atoms with Crippen LogP contribution in [0.4, 0.5) is 5.69 Å². The first-order valence-electron chi connectivity index (χ1n) is 9.61. The molecule has 3 aliphatic heterocycles. The predicted octanol–water partition coefficient (Wildman–Crippen LogP) is 0.382. The summed E-state index contributed by atoms with van der Waals surface area (Å²) >= 11 is 0. The van der Waals surface area contributed by atoms with Crippen LogP contribution in [-0.4, -0.2) is 73.3 Å². The highest BCUT2D eigenvalue weighted by Gasteiger charge is 2.51. The first-order chi connectivity index (χ1) is 12.9. The minimum Gasteiger partial charge on any atom is -0.369 e. The second-order valence-electron chi connectivity index (χ2n) is 8.00. The summed E-state index contributed by atoms with van der Waals surface area (Å²) in [6.45, 7) is 6.90. The number of hydrogen-bond acceptors (Lipinski definition) is 5. The molecule has 0 radical (unpaired) electrons.